The number of rotatable bonds is 4. The Morgan fingerprint density at radius 1 is 1.05 bits per heavy atom. The third kappa shape index (κ3) is 4.82. The summed E-state index contributed by atoms with van der Waals surface area (Å²) >= 11 is 0. The normalized spacial score (nSPS) is 19.8. The number of carbonyl (C=O) groups excluding carboxylic acids is 2. The van der Waals surface area contributed by atoms with E-state index in [0.29, 0.717) is 57.1 Å². The first kappa shape index (κ1) is 23.6. The Labute approximate surface area is 216 Å². The molecule has 1 fully saturated rings. The van der Waals surface area contributed by atoms with Crippen molar-refractivity contribution >= 4 is 22.7 Å². The largest absolute Gasteiger partial charge is 0.462 e. The fourth-order valence-electron chi connectivity index (χ4n) is 5.31. The van der Waals surface area contributed by atoms with Gasteiger partial charge in [0, 0.05) is 55.4 Å². The molecule has 1 aliphatic carbocycles. The minimum absolute atomic E-state index is 0.0184. The number of morpholine rings is 1. The van der Waals surface area contributed by atoms with Gasteiger partial charge in [0.05, 0.1) is 37.0 Å². The maximum atomic E-state index is 13.8. The van der Waals surface area contributed by atoms with Gasteiger partial charge in [-0.25, -0.2) is 0 Å². The standard InChI is InChI=1S/C29H30N4O4/c34-27(33-14-17-37-26(19-33)21-6-2-1-3-7-21)20-31-11-10-25-23(18-31)28(22-8-4-5-9-24(22)30-25)29(35)32-12-15-36-16-13-32/h1-2,4-6,8-9,14,17,19H,3,7,10-13,15-16,18,20H2. The summed E-state index contributed by atoms with van der Waals surface area (Å²) in [6.07, 6.45) is 13.7. The number of carbonyl (C=O) groups is 2. The molecule has 37 heavy (non-hydrogen) atoms. The Kier molecular flexibility index (Phi) is 6.59. The average Bonchev–Trinajstić information content (AvgIpc) is 2.96. The summed E-state index contributed by atoms with van der Waals surface area (Å²) in [4.78, 5) is 37.5. The number of ether oxygens (including phenoxy) is 2. The highest BCUT2D eigenvalue weighted by Gasteiger charge is 2.30. The quantitative estimate of drug-likeness (QED) is 0.642. The number of allylic oxidation sites excluding steroid dienone is 4. The first-order chi connectivity index (χ1) is 18.2. The second-order valence-corrected chi connectivity index (χ2v) is 9.65. The molecule has 8 nitrogen and oxygen atoms in total. The third-order valence-corrected chi connectivity index (χ3v) is 7.29. The van der Waals surface area contributed by atoms with E-state index in [1.807, 2.05) is 41.3 Å². The molecular weight excluding hydrogens is 468 g/mol. The number of hydrogen-bond donors (Lipinski definition) is 0. The predicted octanol–water partition coefficient (Wildman–Crippen LogP) is 3.51. The number of benzene rings is 1. The van der Waals surface area contributed by atoms with Gasteiger partial charge in [-0.3, -0.25) is 24.4 Å². The molecular formula is C29H30N4O4. The van der Waals surface area contributed by atoms with E-state index in [1.54, 1.807) is 23.6 Å². The summed E-state index contributed by atoms with van der Waals surface area (Å²) in [5.74, 6) is 0.685. The lowest BCUT2D eigenvalue weighted by molar-refractivity contribution is -0.128. The van der Waals surface area contributed by atoms with Gasteiger partial charge in [0.15, 0.2) is 0 Å². The third-order valence-electron chi connectivity index (χ3n) is 7.29. The van der Waals surface area contributed by atoms with Crippen molar-refractivity contribution in [2.75, 3.05) is 39.4 Å². The molecule has 0 unspecified atom stereocenters. The molecule has 3 aliphatic heterocycles. The summed E-state index contributed by atoms with van der Waals surface area (Å²) in [7, 11) is 0. The molecule has 0 bridgehead atoms. The van der Waals surface area contributed by atoms with E-state index >= 15 is 0 Å². The molecule has 0 radical (unpaired) electrons. The van der Waals surface area contributed by atoms with Crippen molar-refractivity contribution in [2.24, 2.45) is 0 Å². The maximum Gasteiger partial charge on any atom is 0.255 e. The van der Waals surface area contributed by atoms with E-state index in [4.69, 9.17) is 14.5 Å². The first-order valence-electron chi connectivity index (χ1n) is 12.9. The van der Waals surface area contributed by atoms with E-state index in [2.05, 4.69) is 11.0 Å². The van der Waals surface area contributed by atoms with Gasteiger partial charge < -0.3 is 14.4 Å². The van der Waals surface area contributed by atoms with Gasteiger partial charge in [-0.05, 0) is 24.5 Å². The van der Waals surface area contributed by atoms with Crippen molar-refractivity contribution in [3.63, 3.8) is 0 Å². The lowest BCUT2D eigenvalue weighted by atomic mass is 9.94. The summed E-state index contributed by atoms with van der Waals surface area (Å²) in [6, 6.07) is 7.84. The molecule has 4 aliphatic rings. The average molecular weight is 499 g/mol. The molecule has 2 amide bonds. The fraction of sp³-hybridized carbons (Fsp3) is 0.345. The monoisotopic (exact) mass is 498 g/mol. The Morgan fingerprint density at radius 3 is 2.76 bits per heavy atom. The van der Waals surface area contributed by atoms with Crippen molar-refractivity contribution in [3.8, 4) is 0 Å². The number of amides is 2. The smallest absolute Gasteiger partial charge is 0.255 e. The summed E-state index contributed by atoms with van der Waals surface area (Å²) in [5, 5.41) is 0.865. The van der Waals surface area contributed by atoms with Crippen LogP contribution in [-0.4, -0.2) is 70.9 Å². The lowest BCUT2D eigenvalue weighted by Crippen LogP contribution is -2.43. The van der Waals surface area contributed by atoms with Crippen LogP contribution >= 0.6 is 0 Å². The van der Waals surface area contributed by atoms with Crippen LogP contribution in [0.25, 0.3) is 10.9 Å². The van der Waals surface area contributed by atoms with E-state index in [1.165, 1.54) is 0 Å². The topological polar surface area (TPSA) is 75.2 Å². The number of aromatic nitrogens is 1. The number of fused-ring (bicyclic) bond motifs is 2. The van der Waals surface area contributed by atoms with Gasteiger partial charge in [-0.1, -0.05) is 36.4 Å². The zero-order valence-corrected chi connectivity index (χ0v) is 20.8. The first-order valence-corrected chi connectivity index (χ1v) is 12.9. The van der Waals surface area contributed by atoms with Crippen molar-refractivity contribution < 1.29 is 19.1 Å². The second-order valence-electron chi connectivity index (χ2n) is 9.65. The van der Waals surface area contributed by atoms with Crippen LogP contribution in [0.4, 0.5) is 0 Å². The Morgan fingerprint density at radius 2 is 1.92 bits per heavy atom. The zero-order valence-electron chi connectivity index (χ0n) is 20.8. The van der Waals surface area contributed by atoms with Gasteiger partial charge in [0.2, 0.25) is 5.91 Å². The van der Waals surface area contributed by atoms with Crippen LogP contribution in [0.3, 0.4) is 0 Å². The summed E-state index contributed by atoms with van der Waals surface area (Å²) in [6.45, 7) is 3.71. The van der Waals surface area contributed by atoms with E-state index < -0.39 is 0 Å². The number of para-hydroxylation sites is 1. The molecule has 0 spiro atoms. The van der Waals surface area contributed by atoms with Gasteiger partial charge >= 0.3 is 0 Å². The fourth-order valence-corrected chi connectivity index (χ4v) is 5.31. The van der Waals surface area contributed by atoms with Gasteiger partial charge in [0.1, 0.15) is 12.0 Å². The van der Waals surface area contributed by atoms with Crippen LogP contribution in [0.5, 0.6) is 0 Å². The SMILES string of the molecule is O=C(CN1CCc2nc3ccccc3c(C(=O)N3CCOCC3)c2C1)N1C=COC(C2=CC=CCC2)=C1. The van der Waals surface area contributed by atoms with Gasteiger partial charge in [-0.15, -0.1) is 0 Å². The van der Waals surface area contributed by atoms with Gasteiger partial charge in [-0.2, -0.15) is 0 Å². The molecule has 0 N–H and O–H groups in total. The molecule has 1 saturated heterocycles. The number of nitrogens with zero attached hydrogens (tertiary/aromatic N) is 4. The number of pyridine rings is 1. The van der Waals surface area contributed by atoms with Crippen LogP contribution in [0.1, 0.15) is 34.5 Å². The molecule has 2 aromatic rings. The second kappa shape index (κ2) is 10.3. The molecule has 8 heteroatoms. The van der Waals surface area contributed by atoms with Crippen molar-refractivity contribution in [1.82, 2.24) is 19.7 Å². The Bertz CT molecular complexity index is 1350. The van der Waals surface area contributed by atoms with E-state index in [-0.39, 0.29) is 18.4 Å². The maximum absolute atomic E-state index is 13.8. The highest BCUT2D eigenvalue weighted by Crippen LogP contribution is 2.30. The lowest BCUT2D eigenvalue weighted by Gasteiger charge is -2.33. The van der Waals surface area contributed by atoms with Crippen LogP contribution in [0, 0.1) is 0 Å². The van der Waals surface area contributed by atoms with Crippen molar-refractivity contribution in [3.05, 3.63) is 89.3 Å². The van der Waals surface area contributed by atoms with Crippen molar-refractivity contribution in [1.29, 1.82) is 0 Å². The molecule has 0 atom stereocenters. The van der Waals surface area contributed by atoms with Crippen LogP contribution < -0.4 is 0 Å². The van der Waals surface area contributed by atoms with Crippen molar-refractivity contribution in [2.45, 2.75) is 25.8 Å². The molecule has 6 rings (SSSR count). The Hall–Kier alpha value is -3.75. The molecule has 0 saturated carbocycles. The van der Waals surface area contributed by atoms with E-state index in [9.17, 15) is 9.59 Å². The minimum atomic E-state index is -0.0396. The van der Waals surface area contributed by atoms with Crippen LogP contribution in [-0.2, 0) is 27.2 Å². The minimum Gasteiger partial charge on any atom is -0.462 e. The van der Waals surface area contributed by atoms with Gasteiger partial charge in [0.25, 0.3) is 5.91 Å². The highest BCUT2D eigenvalue weighted by atomic mass is 16.5. The van der Waals surface area contributed by atoms with Crippen LogP contribution in [0.15, 0.2) is 72.5 Å². The highest BCUT2D eigenvalue weighted by molar-refractivity contribution is 6.07. The zero-order chi connectivity index (χ0) is 25.2. The molecule has 4 heterocycles. The molecule has 1 aromatic heterocycles. The molecule has 190 valence electrons. The summed E-state index contributed by atoms with van der Waals surface area (Å²) in [5.41, 5.74) is 4.52. The summed E-state index contributed by atoms with van der Waals surface area (Å²) < 4.78 is 11.2. The van der Waals surface area contributed by atoms with Crippen LogP contribution in [0.2, 0.25) is 0 Å². The predicted molar refractivity (Wildman–Crippen MR) is 139 cm³/mol. The number of hydrogen-bond acceptors (Lipinski definition) is 6. The molecule has 1 aromatic carbocycles. The Balaban J connectivity index is 1.25. The van der Waals surface area contributed by atoms with E-state index in [0.717, 1.165) is 40.6 Å².